The highest BCUT2D eigenvalue weighted by atomic mass is 16.5. The summed E-state index contributed by atoms with van der Waals surface area (Å²) in [5, 5.41) is 0. The highest BCUT2D eigenvalue weighted by Crippen LogP contribution is 2.07. The van der Waals surface area contributed by atoms with E-state index in [1.54, 1.807) is 14.2 Å². The maximum Gasteiger partial charge on any atom is 0.0698 e. The second-order valence-corrected chi connectivity index (χ2v) is 3.07. The van der Waals surface area contributed by atoms with Crippen LogP contribution in [-0.2, 0) is 9.47 Å². The molecule has 3 nitrogen and oxygen atoms in total. The lowest BCUT2D eigenvalue weighted by Crippen LogP contribution is -2.04. The van der Waals surface area contributed by atoms with Crippen LogP contribution in [0.25, 0.3) is 0 Å². The molecule has 0 aromatic carbocycles. The number of nitrogens with two attached hydrogens (primary N) is 1. The smallest absolute Gasteiger partial charge is 0.0698 e. The van der Waals surface area contributed by atoms with Crippen LogP contribution in [0.1, 0.15) is 13.3 Å². The number of rotatable bonds is 7. The lowest BCUT2D eigenvalue weighted by Gasteiger charge is -2.06. The third-order valence-corrected chi connectivity index (χ3v) is 1.85. The molecular formula is C13H23NO2. The standard InChI is InChI=1S/C11H21NO2.C2H2/c1-4-10(5-6-12)7-11(8-13-2)9-14-3;1-2/h4,7H,5-6,8-9,12H2,1-3H3;1-2H/b10-4-;. The number of hydrogen-bond donors (Lipinski definition) is 1. The van der Waals surface area contributed by atoms with E-state index >= 15 is 0 Å². The molecule has 0 aromatic heterocycles. The molecule has 3 heteroatoms. The van der Waals surface area contributed by atoms with Crippen molar-refractivity contribution < 1.29 is 9.47 Å². The van der Waals surface area contributed by atoms with E-state index in [1.807, 2.05) is 6.92 Å². The van der Waals surface area contributed by atoms with Crippen molar-refractivity contribution in [3.63, 3.8) is 0 Å². The van der Waals surface area contributed by atoms with Gasteiger partial charge in [-0.05, 0) is 25.5 Å². The van der Waals surface area contributed by atoms with Crippen LogP contribution >= 0.6 is 0 Å². The number of hydrogen-bond acceptors (Lipinski definition) is 3. The predicted molar refractivity (Wildman–Crippen MR) is 69.2 cm³/mol. The topological polar surface area (TPSA) is 44.5 Å². The fourth-order valence-electron chi connectivity index (χ4n) is 1.22. The van der Waals surface area contributed by atoms with Gasteiger partial charge >= 0.3 is 0 Å². The molecular weight excluding hydrogens is 202 g/mol. The molecule has 0 spiro atoms. The second-order valence-electron chi connectivity index (χ2n) is 3.07. The Balaban J connectivity index is 0. The summed E-state index contributed by atoms with van der Waals surface area (Å²) in [6.07, 6.45) is 13.1. The maximum absolute atomic E-state index is 5.50. The van der Waals surface area contributed by atoms with Crippen LogP contribution in [0.2, 0.25) is 0 Å². The zero-order valence-corrected chi connectivity index (χ0v) is 10.5. The summed E-state index contributed by atoms with van der Waals surface area (Å²) in [5.41, 5.74) is 7.86. The lowest BCUT2D eigenvalue weighted by atomic mass is 10.1. The van der Waals surface area contributed by atoms with Gasteiger partial charge in [-0.3, -0.25) is 0 Å². The second kappa shape index (κ2) is 13.9. The Bertz CT molecular complexity index is 221. The van der Waals surface area contributed by atoms with Crippen molar-refractivity contribution in [3.05, 3.63) is 23.3 Å². The zero-order chi connectivity index (χ0) is 12.8. The summed E-state index contributed by atoms with van der Waals surface area (Å²) in [5.74, 6) is 0. The van der Waals surface area contributed by atoms with Crippen LogP contribution < -0.4 is 5.73 Å². The first-order valence-corrected chi connectivity index (χ1v) is 5.14. The molecule has 0 heterocycles. The quantitative estimate of drug-likeness (QED) is 0.530. The molecule has 0 amide bonds. The summed E-state index contributed by atoms with van der Waals surface area (Å²) in [6, 6.07) is 0. The maximum atomic E-state index is 5.50. The average molecular weight is 225 g/mol. The molecule has 16 heavy (non-hydrogen) atoms. The highest BCUT2D eigenvalue weighted by molar-refractivity contribution is 5.24. The number of methoxy groups -OCH3 is 2. The Kier molecular flexibility index (Phi) is 15.1. The molecule has 92 valence electrons. The summed E-state index contributed by atoms with van der Waals surface area (Å²) in [7, 11) is 3.36. The largest absolute Gasteiger partial charge is 0.380 e. The first kappa shape index (κ1) is 17.3. The minimum atomic E-state index is 0.607. The van der Waals surface area contributed by atoms with Gasteiger partial charge in [0, 0.05) is 14.2 Å². The number of terminal acetylenes is 1. The molecule has 0 saturated carbocycles. The third-order valence-electron chi connectivity index (χ3n) is 1.85. The van der Waals surface area contributed by atoms with Gasteiger partial charge in [-0.2, -0.15) is 0 Å². The van der Waals surface area contributed by atoms with Crippen molar-refractivity contribution in [1.82, 2.24) is 0 Å². The van der Waals surface area contributed by atoms with E-state index in [9.17, 15) is 0 Å². The normalized spacial score (nSPS) is 10.2. The molecule has 0 aliphatic carbocycles. The fourth-order valence-corrected chi connectivity index (χ4v) is 1.22. The molecule has 0 atom stereocenters. The van der Waals surface area contributed by atoms with Crippen LogP contribution in [0.5, 0.6) is 0 Å². The van der Waals surface area contributed by atoms with Crippen LogP contribution in [-0.4, -0.2) is 34.0 Å². The SMILES string of the molecule is C#C.C/C=C(\C=C(COC)COC)CCN. The van der Waals surface area contributed by atoms with Crippen molar-refractivity contribution in [2.75, 3.05) is 34.0 Å². The summed E-state index contributed by atoms with van der Waals surface area (Å²) in [4.78, 5) is 0. The van der Waals surface area contributed by atoms with E-state index in [0.29, 0.717) is 19.8 Å². The lowest BCUT2D eigenvalue weighted by molar-refractivity contribution is 0.181. The van der Waals surface area contributed by atoms with E-state index in [1.165, 1.54) is 5.57 Å². The van der Waals surface area contributed by atoms with Crippen molar-refractivity contribution in [3.8, 4) is 12.8 Å². The molecule has 0 radical (unpaired) electrons. The van der Waals surface area contributed by atoms with Gasteiger partial charge < -0.3 is 15.2 Å². The van der Waals surface area contributed by atoms with Gasteiger partial charge in [-0.1, -0.05) is 17.7 Å². The number of allylic oxidation sites excluding steroid dienone is 2. The Morgan fingerprint density at radius 1 is 1.19 bits per heavy atom. The van der Waals surface area contributed by atoms with Gasteiger partial charge in [0.15, 0.2) is 0 Å². The van der Waals surface area contributed by atoms with E-state index in [2.05, 4.69) is 25.0 Å². The molecule has 0 aromatic rings. The predicted octanol–water partition coefficient (Wildman–Crippen LogP) is 1.75. The third kappa shape index (κ3) is 9.47. The Labute approximate surface area is 99.3 Å². The average Bonchev–Trinajstić information content (AvgIpc) is 2.31. The summed E-state index contributed by atoms with van der Waals surface area (Å²) >= 11 is 0. The minimum absolute atomic E-state index is 0.607. The van der Waals surface area contributed by atoms with Gasteiger partial charge in [-0.25, -0.2) is 0 Å². The molecule has 0 rings (SSSR count). The molecule has 0 aliphatic heterocycles. The Morgan fingerprint density at radius 2 is 1.69 bits per heavy atom. The van der Waals surface area contributed by atoms with Crippen LogP contribution in [0.3, 0.4) is 0 Å². The Hall–Kier alpha value is -1.08. The summed E-state index contributed by atoms with van der Waals surface area (Å²) < 4.78 is 10.1. The minimum Gasteiger partial charge on any atom is -0.380 e. The molecule has 0 fully saturated rings. The molecule has 0 unspecified atom stereocenters. The molecule has 0 saturated heterocycles. The van der Waals surface area contributed by atoms with Crippen LogP contribution in [0, 0.1) is 12.8 Å². The monoisotopic (exact) mass is 225 g/mol. The van der Waals surface area contributed by atoms with E-state index < -0.39 is 0 Å². The van der Waals surface area contributed by atoms with Gasteiger partial charge in [0.05, 0.1) is 13.2 Å². The highest BCUT2D eigenvalue weighted by Gasteiger charge is 1.98. The zero-order valence-electron chi connectivity index (χ0n) is 10.5. The van der Waals surface area contributed by atoms with E-state index in [0.717, 1.165) is 12.0 Å². The van der Waals surface area contributed by atoms with Crippen LogP contribution in [0.4, 0.5) is 0 Å². The molecule has 0 aliphatic rings. The van der Waals surface area contributed by atoms with Crippen molar-refractivity contribution in [2.45, 2.75) is 13.3 Å². The van der Waals surface area contributed by atoms with Gasteiger partial charge in [0.25, 0.3) is 0 Å². The number of ether oxygens (including phenoxy) is 2. The fraction of sp³-hybridized carbons (Fsp3) is 0.538. The van der Waals surface area contributed by atoms with E-state index in [-0.39, 0.29) is 0 Å². The Morgan fingerprint density at radius 3 is 2.00 bits per heavy atom. The first-order valence-electron chi connectivity index (χ1n) is 5.14. The van der Waals surface area contributed by atoms with Gasteiger partial charge in [0.2, 0.25) is 0 Å². The van der Waals surface area contributed by atoms with Crippen molar-refractivity contribution in [2.24, 2.45) is 5.73 Å². The molecule has 2 N–H and O–H groups in total. The van der Waals surface area contributed by atoms with Crippen LogP contribution in [0.15, 0.2) is 23.3 Å². The van der Waals surface area contributed by atoms with Crippen molar-refractivity contribution in [1.29, 1.82) is 0 Å². The first-order chi connectivity index (χ1) is 7.78. The molecule has 0 bridgehead atoms. The van der Waals surface area contributed by atoms with Crippen molar-refractivity contribution >= 4 is 0 Å². The van der Waals surface area contributed by atoms with Gasteiger partial charge in [-0.15, -0.1) is 12.8 Å². The van der Waals surface area contributed by atoms with Gasteiger partial charge in [0.1, 0.15) is 0 Å². The summed E-state index contributed by atoms with van der Waals surface area (Å²) in [6.45, 7) is 3.90. The van der Waals surface area contributed by atoms with E-state index in [4.69, 9.17) is 15.2 Å².